The third-order valence-electron chi connectivity index (χ3n) is 4.84. The number of aromatic nitrogens is 3. The van der Waals surface area contributed by atoms with Gasteiger partial charge in [-0.3, -0.25) is 9.69 Å². The van der Waals surface area contributed by atoms with Crippen molar-refractivity contribution in [1.82, 2.24) is 19.9 Å². The van der Waals surface area contributed by atoms with Crippen LogP contribution in [0.4, 0.5) is 0 Å². The molecule has 1 aliphatic carbocycles. The van der Waals surface area contributed by atoms with Gasteiger partial charge in [0.25, 0.3) is 5.56 Å². The average Bonchev–Trinajstić information content (AvgIpc) is 3.47. The van der Waals surface area contributed by atoms with Crippen molar-refractivity contribution in [3.8, 4) is 11.8 Å². The second kappa shape index (κ2) is 6.48. The zero-order valence-corrected chi connectivity index (χ0v) is 14.5. The molecule has 0 saturated heterocycles. The molecule has 25 heavy (non-hydrogen) atoms. The van der Waals surface area contributed by atoms with E-state index in [2.05, 4.69) is 14.9 Å². The molecule has 132 valence electrons. The predicted octanol–water partition coefficient (Wildman–Crippen LogP) is 1.62. The predicted molar refractivity (Wildman–Crippen MR) is 92.0 cm³/mol. The third-order valence-corrected chi connectivity index (χ3v) is 4.84. The van der Waals surface area contributed by atoms with Crippen LogP contribution in [0.1, 0.15) is 41.4 Å². The van der Waals surface area contributed by atoms with E-state index in [-0.39, 0.29) is 5.56 Å². The van der Waals surface area contributed by atoms with Crippen LogP contribution in [0.3, 0.4) is 0 Å². The molecule has 0 radical (unpaired) electrons. The first-order chi connectivity index (χ1) is 12.2. The molecule has 4 rings (SSSR count). The van der Waals surface area contributed by atoms with Gasteiger partial charge in [-0.1, -0.05) is 0 Å². The summed E-state index contributed by atoms with van der Waals surface area (Å²) in [5.74, 6) is 2.42. The van der Waals surface area contributed by atoms with Gasteiger partial charge in [-0.25, -0.2) is 4.98 Å². The Balaban J connectivity index is 1.54. The van der Waals surface area contributed by atoms with Crippen molar-refractivity contribution in [1.29, 1.82) is 0 Å². The molecule has 7 nitrogen and oxygen atoms in total. The molecule has 0 atom stereocenters. The lowest BCUT2D eigenvalue weighted by Gasteiger charge is -2.28. The fourth-order valence-corrected chi connectivity index (χ4v) is 3.29. The first-order valence-corrected chi connectivity index (χ1v) is 8.60. The summed E-state index contributed by atoms with van der Waals surface area (Å²) in [4.78, 5) is 26.7. The second-order valence-corrected chi connectivity index (χ2v) is 6.63. The molecular weight excluding hydrogens is 320 g/mol. The summed E-state index contributed by atoms with van der Waals surface area (Å²) in [7, 11) is 3.18. The van der Waals surface area contributed by atoms with E-state index < -0.39 is 0 Å². The van der Waals surface area contributed by atoms with E-state index in [0.29, 0.717) is 30.8 Å². The van der Waals surface area contributed by atoms with Crippen LogP contribution >= 0.6 is 0 Å². The van der Waals surface area contributed by atoms with Crippen LogP contribution in [0.25, 0.3) is 0 Å². The van der Waals surface area contributed by atoms with Gasteiger partial charge in [-0.2, -0.15) is 4.98 Å². The number of hydrogen-bond acceptors (Lipinski definition) is 6. The molecule has 0 amide bonds. The maximum atomic E-state index is 12.4. The van der Waals surface area contributed by atoms with Crippen LogP contribution < -0.4 is 15.0 Å². The van der Waals surface area contributed by atoms with Crippen molar-refractivity contribution < 1.29 is 9.47 Å². The molecule has 0 bridgehead atoms. The Hall–Kier alpha value is -2.41. The van der Waals surface area contributed by atoms with E-state index >= 15 is 0 Å². The number of rotatable bonds is 5. The van der Waals surface area contributed by atoms with Crippen molar-refractivity contribution in [2.24, 2.45) is 0 Å². The van der Waals surface area contributed by atoms with Gasteiger partial charge in [0, 0.05) is 43.6 Å². The van der Waals surface area contributed by atoms with Gasteiger partial charge in [-0.05, 0) is 18.9 Å². The van der Waals surface area contributed by atoms with E-state index in [1.165, 1.54) is 0 Å². The molecule has 0 spiro atoms. The number of nitrogens with zero attached hydrogens (tertiary/aromatic N) is 3. The van der Waals surface area contributed by atoms with E-state index in [1.54, 1.807) is 14.2 Å². The number of pyridine rings is 1. The molecule has 1 fully saturated rings. The molecule has 1 aliphatic heterocycles. The molecule has 0 unspecified atom stereocenters. The molecule has 1 N–H and O–H groups in total. The molecule has 0 aromatic carbocycles. The zero-order chi connectivity index (χ0) is 17.4. The highest BCUT2D eigenvalue weighted by Gasteiger charge is 2.29. The van der Waals surface area contributed by atoms with Crippen LogP contribution in [0.2, 0.25) is 0 Å². The van der Waals surface area contributed by atoms with Crippen molar-refractivity contribution in [3.63, 3.8) is 0 Å². The average molecular weight is 342 g/mol. The minimum Gasteiger partial charge on any atom is -0.481 e. The maximum Gasteiger partial charge on any atom is 0.255 e. The SMILES string of the molecule is COc1ccc(CN2CCc3nc(C4CC4)[nH]c(=O)c3C2)c(OC)n1. The molecule has 2 aromatic heterocycles. The number of aromatic amines is 1. The second-order valence-electron chi connectivity index (χ2n) is 6.63. The number of ether oxygens (including phenoxy) is 2. The van der Waals surface area contributed by atoms with Crippen LogP contribution in [0.15, 0.2) is 16.9 Å². The van der Waals surface area contributed by atoms with E-state index in [1.807, 2.05) is 12.1 Å². The Morgan fingerprint density at radius 1 is 1.24 bits per heavy atom. The topological polar surface area (TPSA) is 80.3 Å². The third kappa shape index (κ3) is 3.24. The Kier molecular flexibility index (Phi) is 4.17. The number of fused-ring (bicyclic) bond motifs is 1. The van der Waals surface area contributed by atoms with E-state index in [9.17, 15) is 4.79 Å². The van der Waals surface area contributed by atoms with Gasteiger partial charge in [0.05, 0.1) is 25.5 Å². The Morgan fingerprint density at radius 2 is 2.08 bits per heavy atom. The van der Waals surface area contributed by atoms with Gasteiger partial charge < -0.3 is 14.5 Å². The Bertz CT molecular complexity index is 845. The number of methoxy groups -OCH3 is 2. The number of nitrogens with one attached hydrogen (secondary N) is 1. The smallest absolute Gasteiger partial charge is 0.255 e. The molecule has 2 aliphatic rings. The summed E-state index contributed by atoms with van der Waals surface area (Å²) in [5, 5.41) is 0. The lowest BCUT2D eigenvalue weighted by Crippen LogP contribution is -2.35. The van der Waals surface area contributed by atoms with Crippen molar-refractivity contribution in [3.05, 3.63) is 45.1 Å². The van der Waals surface area contributed by atoms with Crippen LogP contribution in [-0.4, -0.2) is 40.6 Å². The van der Waals surface area contributed by atoms with Crippen LogP contribution in [0, 0.1) is 0 Å². The lowest BCUT2D eigenvalue weighted by atomic mass is 10.1. The zero-order valence-electron chi connectivity index (χ0n) is 14.5. The molecule has 1 saturated carbocycles. The number of hydrogen-bond donors (Lipinski definition) is 1. The summed E-state index contributed by atoms with van der Waals surface area (Å²) in [5.41, 5.74) is 2.74. The van der Waals surface area contributed by atoms with E-state index in [4.69, 9.17) is 14.5 Å². The Labute approximate surface area is 146 Å². The van der Waals surface area contributed by atoms with Crippen molar-refractivity contribution in [2.45, 2.75) is 38.3 Å². The molecular formula is C18H22N4O3. The van der Waals surface area contributed by atoms with Crippen molar-refractivity contribution in [2.75, 3.05) is 20.8 Å². The largest absolute Gasteiger partial charge is 0.481 e. The normalized spacial score (nSPS) is 17.2. The van der Waals surface area contributed by atoms with Gasteiger partial charge in [-0.15, -0.1) is 0 Å². The van der Waals surface area contributed by atoms with Gasteiger partial charge in [0.2, 0.25) is 11.8 Å². The van der Waals surface area contributed by atoms with Crippen LogP contribution in [0.5, 0.6) is 11.8 Å². The summed E-state index contributed by atoms with van der Waals surface area (Å²) in [6.07, 6.45) is 3.07. The summed E-state index contributed by atoms with van der Waals surface area (Å²) < 4.78 is 10.5. The minimum atomic E-state index is 0.0106. The lowest BCUT2D eigenvalue weighted by molar-refractivity contribution is 0.236. The van der Waals surface area contributed by atoms with E-state index in [0.717, 1.165) is 48.5 Å². The quantitative estimate of drug-likeness (QED) is 0.889. The van der Waals surface area contributed by atoms with Crippen LogP contribution in [-0.2, 0) is 19.5 Å². The molecule has 7 heteroatoms. The van der Waals surface area contributed by atoms with Crippen molar-refractivity contribution >= 4 is 0 Å². The summed E-state index contributed by atoms with van der Waals surface area (Å²) in [6.45, 7) is 2.13. The fourth-order valence-electron chi connectivity index (χ4n) is 3.29. The number of H-pyrrole nitrogens is 1. The minimum absolute atomic E-state index is 0.0106. The monoisotopic (exact) mass is 342 g/mol. The fraction of sp³-hybridized carbons (Fsp3) is 0.500. The highest BCUT2D eigenvalue weighted by atomic mass is 16.5. The maximum absolute atomic E-state index is 12.4. The molecule has 2 aromatic rings. The first kappa shape index (κ1) is 16.1. The highest BCUT2D eigenvalue weighted by Crippen LogP contribution is 2.37. The Morgan fingerprint density at radius 3 is 2.80 bits per heavy atom. The molecule has 3 heterocycles. The van der Waals surface area contributed by atoms with Gasteiger partial charge in [0.15, 0.2) is 0 Å². The summed E-state index contributed by atoms with van der Waals surface area (Å²) in [6, 6.07) is 3.78. The van der Waals surface area contributed by atoms with Gasteiger partial charge in [0.1, 0.15) is 5.82 Å². The summed E-state index contributed by atoms with van der Waals surface area (Å²) >= 11 is 0. The first-order valence-electron chi connectivity index (χ1n) is 8.60. The van der Waals surface area contributed by atoms with Gasteiger partial charge >= 0.3 is 0 Å². The highest BCUT2D eigenvalue weighted by molar-refractivity contribution is 5.31. The standard InChI is InChI=1S/C18H22N4O3/c1-24-15-6-5-12(18(20-15)25-2)9-22-8-7-14-13(10-22)17(23)21-16(19-14)11-3-4-11/h5-6,11H,3-4,7-10H2,1-2H3,(H,19,21,23).